The molecule has 0 saturated heterocycles. The topological polar surface area (TPSA) is 66.4 Å². The van der Waals surface area contributed by atoms with E-state index in [1.807, 2.05) is 43.6 Å². The van der Waals surface area contributed by atoms with Crippen molar-refractivity contribution in [3.05, 3.63) is 42.2 Å². The summed E-state index contributed by atoms with van der Waals surface area (Å²) in [5, 5.41) is 8.09. The normalized spacial score (nSPS) is 14.0. The van der Waals surface area contributed by atoms with Crippen molar-refractivity contribution in [1.82, 2.24) is 15.2 Å². The number of H-pyrrole nitrogens is 1. The Labute approximate surface area is 127 Å². The van der Waals surface area contributed by atoms with Gasteiger partial charge in [-0.1, -0.05) is 0 Å². The summed E-state index contributed by atoms with van der Waals surface area (Å²) >= 11 is 0. The van der Waals surface area contributed by atoms with Crippen LogP contribution in [0.4, 0.5) is 5.69 Å². The minimum atomic E-state index is 0.569. The number of nitrogens with zero attached hydrogens (tertiary/aromatic N) is 4. The van der Waals surface area contributed by atoms with E-state index in [-0.39, 0.29) is 0 Å². The maximum atomic E-state index is 5.93. The number of anilines is 1. The molecule has 0 atom stereocenters. The van der Waals surface area contributed by atoms with Gasteiger partial charge in [-0.05, 0) is 37.3 Å². The minimum Gasteiger partial charge on any atom is -0.438 e. The Morgan fingerprint density at radius 3 is 2.82 bits per heavy atom. The Hall–Kier alpha value is -2.89. The second kappa shape index (κ2) is 5.14. The van der Waals surface area contributed by atoms with E-state index in [0.29, 0.717) is 5.88 Å². The lowest BCUT2D eigenvalue weighted by Gasteiger charge is -2.14. The molecule has 2 aromatic heterocycles. The quantitative estimate of drug-likeness (QED) is 0.806. The summed E-state index contributed by atoms with van der Waals surface area (Å²) in [6, 6.07) is 9.79. The number of fused-ring (bicyclic) bond motifs is 1. The Kier molecular flexibility index (Phi) is 3.00. The van der Waals surface area contributed by atoms with E-state index in [1.54, 1.807) is 6.20 Å². The number of aryl methyl sites for hydroxylation is 1. The molecular formula is C16H15N5O. The standard InChI is InChI=1S/C16H15N5O/c1-11-15-14(20-19-11)6-7-18-16(15)22-13-4-2-12(3-5-13)21-9-8-17-10-21/h2-7,10H,8-9H2,1H3,(H,19,20). The predicted octanol–water partition coefficient (Wildman–Crippen LogP) is 2.91. The van der Waals surface area contributed by atoms with E-state index in [9.17, 15) is 0 Å². The zero-order valence-corrected chi connectivity index (χ0v) is 12.2. The van der Waals surface area contributed by atoms with E-state index < -0.39 is 0 Å². The van der Waals surface area contributed by atoms with Crippen molar-refractivity contribution < 1.29 is 4.74 Å². The molecule has 1 N–H and O–H groups in total. The van der Waals surface area contributed by atoms with Gasteiger partial charge in [0, 0.05) is 24.1 Å². The number of hydrogen-bond donors (Lipinski definition) is 1. The maximum Gasteiger partial charge on any atom is 0.230 e. The van der Waals surface area contributed by atoms with Gasteiger partial charge in [-0.3, -0.25) is 10.1 Å². The summed E-state index contributed by atoms with van der Waals surface area (Å²) in [6.07, 6.45) is 3.57. The molecule has 4 rings (SSSR count). The van der Waals surface area contributed by atoms with Crippen LogP contribution in [0, 0.1) is 6.92 Å². The molecule has 6 nitrogen and oxygen atoms in total. The third kappa shape index (κ3) is 2.18. The van der Waals surface area contributed by atoms with E-state index in [0.717, 1.165) is 41.1 Å². The number of aromatic nitrogens is 3. The number of benzene rings is 1. The number of rotatable bonds is 3. The van der Waals surface area contributed by atoms with Crippen LogP contribution in [0.5, 0.6) is 11.6 Å². The Morgan fingerprint density at radius 1 is 1.18 bits per heavy atom. The SMILES string of the molecule is Cc1[nH]nc2ccnc(Oc3ccc(N4C=NCC4)cc3)c12. The van der Waals surface area contributed by atoms with Crippen molar-refractivity contribution >= 4 is 22.9 Å². The summed E-state index contributed by atoms with van der Waals surface area (Å²) < 4.78 is 5.93. The average Bonchev–Trinajstić information content (AvgIpc) is 3.19. The summed E-state index contributed by atoms with van der Waals surface area (Å²) in [4.78, 5) is 10.7. The first-order chi connectivity index (χ1) is 10.8. The summed E-state index contributed by atoms with van der Waals surface area (Å²) in [5.41, 5.74) is 2.91. The molecule has 0 bridgehead atoms. The average molecular weight is 293 g/mol. The molecule has 0 spiro atoms. The van der Waals surface area contributed by atoms with Crippen molar-refractivity contribution in [3.8, 4) is 11.6 Å². The van der Waals surface area contributed by atoms with E-state index in [4.69, 9.17) is 4.74 Å². The first kappa shape index (κ1) is 12.8. The molecular weight excluding hydrogens is 278 g/mol. The van der Waals surface area contributed by atoms with Gasteiger partial charge < -0.3 is 9.64 Å². The molecule has 0 aliphatic carbocycles. The van der Waals surface area contributed by atoms with Crippen LogP contribution in [0.15, 0.2) is 41.5 Å². The van der Waals surface area contributed by atoms with Gasteiger partial charge >= 0.3 is 0 Å². The zero-order chi connectivity index (χ0) is 14.9. The molecule has 110 valence electrons. The number of aromatic amines is 1. The van der Waals surface area contributed by atoms with Crippen LogP contribution in [-0.2, 0) is 0 Å². The third-order valence-electron chi connectivity index (χ3n) is 3.69. The molecule has 3 heterocycles. The van der Waals surface area contributed by atoms with E-state index >= 15 is 0 Å². The lowest BCUT2D eigenvalue weighted by Crippen LogP contribution is -2.17. The van der Waals surface area contributed by atoms with Crippen molar-refractivity contribution in [1.29, 1.82) is 0 Å². The smallest absolute Gasteiger partial charge is 0.230 e. The highest BCUT2D eigenvalue weighted by molar-refractivity contribution is 5.86. The van der Waals surface area contributed by atoms with Gasteiger partial charge in [-0.15, -0.1) is 0 Å². The van der Waals surface area contributed by atoms with Crippen molar-refractivity contribution in [2.75, 3.05) is 18.0 Å². The summed E-state index contributed by atoms with van der Waals surface area (Å²) in [5.74, 6) is 1.32. The fourth-order valence-corrected chi connectivity index (χ4v) is 2.55. The lowest BCUT2D eigenvalue weighted by molar-refractivity contribution is 0.469. The van der Waals surface area contributed by atoms with Crippen LogP contribution in [0.25, 0.3) is 10.9 Å². The van der Waals surface area contributed by atoms with Crippen LogP contribution >= 0.6 is 0 Å². The molecule has 1 aromatic carbocycles. The van der Waals surface area contributed by atoms with Crippen LogP contribution in [-0.4, -0.2) is 34.6 Å². The molecule has 0 unspecified atom stereocenters. The van der Waals surface area contributed by atoms with Gasteiger partial charge in [0.15, 0.2) is 0 Å². The molecule has 0 saturated carbocycles. The molecule has 0 amide bonds. The fraction of sp³-hybridized carbons (Fsp3) is 0.188. The number of aliphatic imine (C=N–C) groups is 1. The van der Waals surface area contributed by atoms with Gasteiger partial charge in [0.1, 0.15) is 5.75 Å². The monoisotopic (exact) mass is 293 g/mol. The Bertz CT molecular complexity index is 837. The van der Waals surface area contributed by atoms with Crippen LogP contribution in [0.2, 0.25) is 0 Å². The summed E-state index contributed by atoms with van der Waals surface area (Å²) in [7, 11) is 0. The van der Waals surface area contributed by atoms with E-state index in [1.165, 1.54) is 0 Å². The Morgan fingerprint density at radius 2 is 2.05 bits per heavy atom. The minimum absolute atomic E-state index is 0.569. The molecule has 0 radical (unpaired) electrons. The van der Waals surface area contributed by atoms with Crippen LogP contribution in [0.1, 0.15) is 5.69 Å². The third-order valence-corrected chi connectivity index (χ3v) is 3.69. The number of hydrogen-bond acceptors (Lipinski definition) is 5. The Balaban J connectivity index is 1.62. The maximum absolute atomic E-state index is 5.93. The highest BCUT2D eigenvalue weighted by Crippen LogP contribution is 2.29. The number of pyridine rings is 1. The van der Waals surface area contributed by atoms with Gasteiger partial charge in [0.2, 0.25) is 5.88 Å². The second-order valence-corrected chi connectivity index (χ2v) is 5.17. The van der Waals surface area contributed by atoms with Gasteiger partial charge in [0.05, 0.1) is 23.8 Å². The van der Waals surface area contributed by atoms with Gasteiger partial charge in [-0.25, -0.2) is 4.98 Å². The molecule has 0 fully saturated rings. The molecule has 22 heavy (non-hydrogen) atoms. The van der Waals surface area contributed by atoms with Crippen molar-refractivity contribution in [3.63, 3.8) is 0 Å². The fourth-order valence-electron chi connectivity index (χ4n) is 2.55. The highest BCUT2D eigenvalue weighted by Gasteiger charge is 2.11. The molecule has 3 aromatic rings. The largest absolute Gasteiger partial charge is 0.438 e. The molecule has 1 aliphatic rings. The van der Waals surface area contributed by atoms with Crippen LogP contribution in [0.3, 0.4) is 0 Å². The number of nitrogens with one attached hydrogen (secondary N) is 1. The first-order valence-corrected chi connectivity index (χ1v) is 7.15. The van der Waals surface area contributed by atoms with Crippen molar-refractivity contribution in [2.45, 2.75) is 6.92 Å². The van der Waals surface area contributed by atoms with Crippen molar-refractivity contribution in [2.24, 2.45) is 4.99 Å². The second-order valence-electron chi connectivity index (χ2n) is 5.17. The van der Waals surface area contributed by atoms with Gasteiger partial charge in [0.25, 0.3) is 0 Å². The van der Waals surface area contributed by atoms with Crippen LogP contribution < -0.4 is 9.64 Å². The molecule has 6 heteroatoms. The number of ether oxygens (including phenoxy) is 1. The predicted molar refractivity (Wildman–Crippen MR) is 85.8 cm³/mol. The van der Waals surface area contributed by atoms with Gasteiger partial charge in [-0.2, -0.15) is 5.10 Å². The molecule has 1 aliphatic heterocycles. The summed E-state index contributed by atoms with van der Waals surface area (Å²) in [6.45, 7) is 3.74. The van der Waals surface area contributed by atoms with E-state index in [2.05, 4.69) is 25.1 Å². The zero-order valence-electron chi connectivity index (χ0n) is 12.2. The lowest BCUT2D eigenvalue weighted by atomic mass is 10.2. The highest BCUT2D eigenvalue weighted by atomic mass is 16.5. The first-order valence-electron chi connectivity index (χ1n) is 7.15.